The fourth-order valence-corrected chi connectivity index (χ4v) is 6.16. The molecular weight excluding hydrogens is 516 g/mol. The van der Waals surface area contributed by atoms with Gasteiger partial charge in [0.05, 0.1) is 23.3 Å². The van der Waals surface area contributed by atoms with E-state index in [0.717, 1.165) is 71.7 Å². The lowest BCUT2D eigenvalue weighted by Crippen LogP contribution is -1.92. The fraction of sp³-hybridized carbons (Fsp3) is 0. The molecular formula is C38H20N2O2. The van der Waals surface area contributed by atoms with Crippen LogP contribution in [0.1, 0.15) is 11.1 Å². The minimum absolute atomic E-state index is 0.455. The van der Waals surface area contributed by atoms with E-state index < -0.39 is 0 Å². The van der Waals surface area contributed by atoms with Crippen LogP contribution in [0, 0.1) is 22.7 Å². The van der Waals surface area contributed by atoms with E-state index in [9.17, 15) is 10.5 Å². The Labute approximate surface area is 240 Å². The fourth-order valence-electron chi connectivity index (χ4n) is 6.16. The van der Waals surface area contributed by atoms with Gasteiger partial charge in [-0.25, -0.2) is 0 Å². The summed E-state index contributed by atoms with van der Waals surface area (Å²) in [5, 5.41) is 24.2. The zero-order valence-corrected chi connectivity index (χ0v) is 22.3. The monoisotopic (exact) mass is 536 g/mol. The molecule has 0 unspecified atom stereocenters. The molecule has 0 radical (unpaired) electrons. The third-order valence-electron chi connectivity index (χ3n) is 7.95. The highest BCUT2D eigenvalue weighted by atomic mass is 16.3. The number of hydrogen-bond acceptors (Lipinski definition) is 4. The van der Waals surface area contributed by atoms with Gasteiger partial charge in [0.25, 0.3) is 0 Å². The summed E-state index contributed by atoms with van der Waals surface area (Å²) in [5.74, 6) is 0. The van der Waals surface area contributed by atoms with E-state index in [0.29, 0.717) is 16.7 Å². The van der Waals surface area contributed by atoms with Crippen LogP contribution in [-0.2, 0) is 0 Å². The number of nitriles is 2. The minimum Gasteiger partial charge on any atom is -0.456 e. The molecule has 0 saturated heterocycles. The summed E-state index contributed by atoms with van der Waals surface area (Å²) in [6.07, 6.45) is 0. The number of rotatable bonds is 3. The van der Waals surface area contributed by atoms with Crippen molar-refractivity contribution in [2.45, 2.75) is 0 Å². The van der Waals surface area contributed by atoms with Gasteiger partial charge in [-0.05, 0) is 82.4 Å². The molecule has 6 aromatic carbocycles. The second-order valence-electron chi connectivity index (χ2n) is 10.3. The van der Waals surface area contributed by atoms with Crippen LogP contribution < -0.4 is 0 Å². The Kier molecular flexibility index (Phi) is 5.22. The van der Waals surface area contributed by atoms with Crippen molar-refractivity contribution in [2.75, 3.05) is 0 Å². The molecule has 0 bridgehead atoms. The topological polar surface area (TPSA) is 73.9 Å². The van der Waals surface area contributed by atoms with Crippen molar-refractivity contribution in [2.24, 2.45) is 0 Å². The minimum atomic E-state index is 0.455. The lowest BCUT2D eigenvalue weighted by molar-refractivity contribution is 0.668. The van der Waals surface area contributed by atoms with E-state index in [-0.39, 0.29) is 0 Å². The standard InChI is InChI=1S/C38H20N2O2/c39-21-23-8-5-9-24(22-40)36(23)27-19-25(28-12-6-16-34-37(28)30-10-1-3-14-32(30)41-34)18-26(20-27)29-13-7-17-35-38(29)31-11-2-4-15-33(31)42-35/h1-20H. The van der Waals surface area contributed by atoms with Gasteiger partial charge in [-0.15, -0.1) is 0 Å². The average Bonchev–Trinajstić information content (AvgIpc) is 3.62. The number of para-hydroxylation sites is 2. The molecule has 0 aliphatic rings. The van der Waals surface area contributed by atoms with Gasteiger partial charge in [-0.1, -0.05) is 66.7 Å². The van der Waals surface area contributed by atoms with Crippen LogP contribution in [0.5, 0.6) is 0 Å². The summed E-state index contributed by atoms with van der Waals surface area (Å²) >= 11 is 0. The van der Waals surface area contributed by atoms with Gasteiger partial charge in [-0.3, -0.25) is 0 Å². The highest BCUT2D eigenvalue weighted by Crippen LogP contribution is 2.43. The van der Waals surface area contributed by atoms with Crippen LogP contribution in [0.3, 0.4) is 0 Å². The largest absolute Gasteiger partial charge is 0.456 e. The Bertz CT molecular complexity index is 2280. The van der Waals surface area contributed by atoms with E-state index in [1.165, 1.54) is 0 Å². The Morgan fingerprint density at radius 3 is 1.36 bits per heavy atom. The first kappa shape index (κ1) is 23.8. The maximum Gasteiger partial charge on any atom is 0.136 e. The molecule has 4 nitrogen and oxygen atoms in total. The van der Waals surface area contributed by atoms with E-state index in [4.69, 9.17) is 8.83 Å². The lowest BCUT2D eigenvalue weighted by Gasteiger charge is -2.14. The number of nitrogens with zero attached hydrogens (tertiary/aromatic N) is 2. The molecule has 0 aliphatic heterocycles. The molecule has 0 aliphatic carbocycles. The maximum absolute atomic E-state index is 10.1. The highest BCUT2D eigenvalue weighted by Gasteiger charge is 2.19. The summed E-state index contributed by atoms with van der Waals surface area (Å²) in [6, 6.07) is 44.5. The summed E-state index contributed by atoms with van der Waals surface area (Å²) in [6.45, 7) is 0. The second-order valence-corrected chi connectivity index (χ2v) is 10.3. The first-order valence-electron chi connectivity index (χ1n) is 13.6. The Morgan fingerprint density at radius 1 is 0.429 bits per heavy atom. The number of hydrogen-bond donors (Lipinski definition) is 0. The molecule has 194 valence electrons. The van der Waals surface area contributed by atoms with Gasteiger partial charge in [-0.2, -0.15) is 10.5 Å². The first-order valence-corrected chi connectivity index (χ1v) is 13.6. The molecule has 0 N–H and O–H groups in total. The van der Waals surface area contributed by atoms with Crippen LogP contribution in [0.2, 0.25) is 0 Å². The molecule has 0 spiro atoms. The Hall–Kier alpha value is -6.10. The molecule has 8 aromatic rings. The Morgan fingerprint density at radius 2 is 0.857 bits per heavy atom. The van der Waals surface area contributed by atoms with E-state index in [2.05, 4.69) is 54.6 Å². The predicted octanol–water partition coefficient (Wildman–Crippen LogP) is 10.2. The predicted molar refractivity (Wildman–Crippen MR) is 167 cm³/mol. The van der Waals surface area contributed by atoms with Gasteiger partial charge in [0.2, 0.25) is 0 Å². The summed E-state index contributed by atoms with van der Waals surface area (Å²) in [7, 11) is 0. The molecule has 2 heterocycles. The Balaban J connectivity index is 1.50. The second kappa shape index (κ2) is 9.24. The van der Waals surface area contributed by atoms with Crippen molar-refractivity contribution in [1.29, 1.82) is 10.5 Å². The smallest absolute Gasteiger partial charge is 0.136 e. The van der Waals surface area contributed by atoms with E-state index >= 15 is 0 Å². The van der Waals surface area contributed by atoms with Crippen molar-refractivity contribution in [3.05, 3.63) is 132 Å². The van der Waals surface area contributed by atoms with Crippen LogP contribution >= 0.6 is 0 Å². The molecule has 0 saturated carbocycles. The quantitative estimate of drug-likeness (QED) is 0.225. The van der Waals surface area contributed by atoms with Gasteiger partial charge < -0.3 is 8.83 Å². The summed E-state index contributed by atoms with van der Waals surface area (Å²) in [5.41, 5.74) is 9.53. The lowest BCUT2D eigenvalue weighted by atomic mass is 9.88. The number of fused-ring (bicyclic) bond motifs is 6. The maximum atomic E-state index is 10.1. The van der Waals surface area contributed by atoms with Crippen LogP contribution in [0.4, 0.5) is 0 Å². The molecule has 0 fully saturated rings. The van der Waals surface area contributed by atoms with Gasteiger partial charge in [0, 0.05) is 27.1 Å². The van der Waals surface area contributed by atoms with Crippen molar-refractivity contribution < 1.29 is 8.83 Å². The molecule has 42 heavy (non-hydrogen) atoms. The van der Waals surface area contributed by atoms with Crippen LogP contribution in [0.15, 0.2) is 130 Å². The van der Waals surface area contributed by atoms with E-state index in [1.54, 1.807) is 18.2 Å². The SMILES string of the molecule is N#Cc1cccc(C#N)c1-c1cc(-c2cccc3oc4ccccc4c23)cc(-c2cccc3oc4ccccc4c23)c1. The zero-order chi connectivity index (χ0) is 28.2. The van der Waals surface area contributed by atoms with Crippen molar-refractivity contribution in [1.82, 2.24) is 0 Å². The molecule has 4 heteroatoms. The van der Waals surface area contributed by atoms with Crippen LogP contribution in [0.25, 0.3) is 77.3 Å². The molecule has 2 aromatic heterocycles. The van der Waals surface area contributed by atoms with Gasteiger partial charge in [0.1, 0.15) is 22.3 Å². The normalized spacial score (nSPS) is 11.3. The van der Waals surface area contributed by atoms with Crippen molar-refractivity contribution in [3.63, 3.8) is 0 Å². The van der Waals surface area contributed by atoms with Crippen molar-refractivity contribution in [3.8, 4) is 45.5 Å². The number of furan rings is 2. The van der Waals surface area contributed by atoms with Gasteiger partial charge >= 0.3 is 0 Å². The third kappa shape index (κ3) is 3.53. The van der Waals surface area contributed by atoms with Crippen LogP contribution in [-0.4, -0.2) is 0 Å². The molecule has 0 atom stereocenters. The van der Waals surface area contributed by atoms with Gasteiger partial charge in [0.15, 0.2) is 0 Å². The first-order chi connectivity index (χ1) is 20.7. The average molecular weight is 537 g/mol. The highest BCUT2D eigenvalue weighted by molar-refractivity contribution is 6.15. The molecule has 8 rings (SSSR count). The summed E-state index contributed by atoms with van der Waals surface area (Å²) in [4.78, 5) is 0. The zero-order valence-electron chi connectivity index (χ0n) is 22.3. The van der Waals surface area contributed by atoms with Crippen molar-refractivity contribution >= 4 is 43.9 Å². The third-order valence-corrected chi connectivity index (χ3v) is 7.95. The van der Waals surface area contributed by atoms with E-state index in [1.807, 2.05) is 60.7 Å². The number of benzene rings is 6. The summed E-state index contributed by atoms with van der Waals surface area (Å²) < 4.78 is 12.4. The molecule has 0 amide bonds.